The summed E-state index contributed by atoms with van der Waals surface area (Å²) in [5.74, 6) is -1.05. The van der Waals surface area contributed by atoms with Gasteiger partial charge in [0.15, 0.2) is 6.61 Å². The first-order valence-corrected chi connectivity index (χ1v) is 11.9. The summed E-state index contributed by atoms with van der Waals surface area (Å²) in [6.07, 6.45) is 1.34. The lowest BCUT2D eigenvalue weighted by molar-refractivity contribution is -0.122. The molecule has 9 nitrogen and oxygen atoms in total. The molecule has 0 unspecified atom stereocenters. The van der Waals surface area contributed by atoms with Crippen LogP contribution in [0.3, 0.4) is 0 Å². The normalized spacial score (nSPS) is 14.4. The zero-order chi connectivity index (χ0) is 27.4. The lowest BCUT2D eigenvalue weighted by Crippen LogP contribution is -2.54. The monoisotopic (exact) mass is 533 g/mol. The van der Waals surface area contributed by atoms with Gasteiger partial charge in [0.1, 0.15) is 17.1 Å². The van der Waals surface area contributed by atoms with Crippen LogP contribution in [0.1, 0.15) is 16.7 Å². The molecular formula is C28H24ClN3O6. The number of hydrogen-bond acceptors (Lipinski definition) is 6. The minimum Gasteiger partial charge on any atom is -0.497 e. The second kappa shape index (κ2) is 11.2. The number of anilines is 2. The fourth-order valence-corrected chi connectivity index (χ4v) is 3.91. The molecule has 0 atom stereocenters. The third kappa shape index (κ3) is 5.84. The zero-order valence-electron chi connectivity index (χ0n) is 20.8. The average Bonchev–Trinajstić information content (AvgIpc) is 2.88. The van der Waals surface area contributed by atoms with Crippen LogP contribution in [0, 0.1) is 13.8 Å². The molecule has 0 aromatic heterocycles. The van der Waals surface area contributed by atoms with Crippen molar-refractivity contribution in [2.45, 2.75) is 13.8 Å². The van der Waals surface area contributed by atoms with Gasteiger partial charge in [-0.15, -0.1) is 0 Å². The zero-order valence-corrected chi connectivity index (χ0v) is 21.6. The van der Waals surface area contributed by atoms with Crippen LogP contribution in [-0.4, -0.2) is 37.5 Å². The van der Waals surface area contributed by atoms with Crippen LogP contribution in [-0.2, 0) is 14.4 Å². The molecule has 5 amide bonds. The van der Waals surface area contributed by atoms with Crippen LogP contribution < -0.4 is 25.0 Å². The lowest BCUT2D eigenvalue weighted by atomic mass is 10.0. The molecule has 0 spiro atoms. The Bertz CT molecular complexity index is 1470. The van der Waals surface area contributed by atoms with Crippen molar-refractivity contribution in [1.82, 2.24) is 5.32 Å². The van der Waals surface area contributed by atoms with Gasteiger partial charge in [0.2, 0.25) is 0 Å². The van der Waals surface area contributed by atoms with E-state index in [9.17, 15) is 19.2 Å². The predicted molar refractivity (Wildman–Crippen MR) is 143 cm³/mol. The summed E-state index contributed by atoms with van der Waals surface area (Å²) in [6, 6.07) is 15.7. The summed E-state index contributed by atoms with van der Waals surface area (Å²) >= 11 is 6.33. The molecular weight excluding hydrogens is 510 g/mol. The number of amides is 5. The van der Waals surface area contributed by atoms with E-state index in [4.69, 9.17) is 21.1 Å². The molecule has 1 aliphatic rings. The van der Waals surface area contributed by atoms with Crippen LogP contribution in [0.4, 0.5) is 16.2 Å². The number of aryl methyl sites for hydroxylation is 2. The van der Waals surface area contributed by atoms with Gasteiger partial charge in [-0.05, 0) is 85.1 Å². The van der Waals surface area contributed by atoms with Gasteiger partial charge in [0.05, 0.1) is 17.8 Å². The van der Waals surface area contributed by atoms with Crippen molar-refractivity contribution >= 4 is 52.8 Å². The maximum Gasteiger partial charge on any atom is 0.335 e. The van der Waals surface area contributed by atoms with Gasteiger partial charge < -0.3 is 14.8 Å². The van der Waals surface area contributed by atoms with Crippen LogP contribution in [0.5, 0.6) is 11.5 Å². The second-order valence-electron chi connectivity index (χ2n) is 8.48. The Kier molecular flexibility index (Phi) is 7.78. The number of rotatable bonds is 7. The highest BCUT2D eigenvalue weighted by Crippen LogP contribution is 2.28. The minimum absolute atomic E-state index is 0.169. The molecule has 3 aromatic carbocycles. The summed E-state index contributed by atoms with van der Waals surface area (Å²) in [4.78, 5) is 51.2. The Morgan fingerprint density at radius 1 is 1.00 bits per heavy atom. The van der Waals surface area contributed by atoms with E-state index in [1.54, 1.807) is 55.6 Å². The number of carbonyl (C=O) groups is 4. The maximum absolute atomic E-state index is 13.1. The average molecular weight is 534 g/mol. The molecule has 10 heteroatoms. The number of nitrogens with zero attached hydrogens (tertiary/aromatic N) is 1. The standard InChI is InChI=1S/C28H24ClN3O6/c1-16-4-8-20(12-17(16)2)32-27(35)22(26(34)31-28(32)36)13-18-5-11-24(23(29)14-18)38-15-25(33)30-19-6-9-21(37-3)10-7-19/h4-14H,15H2,1-3H3,(H,30,33)(H,31,34,36)/b22-13-. The van der Waals surface area contributed by atoms with Gasteiger partial charge in [-0.3, -0.25) is 19.7 Å². The van der Waals surface area contributed by atoms with E-state index in [0.717, 1.165) is 16.0 Å². The first-order chi connectivity index (χ1) is 18.2. The number of carbonyl (C=O) groups excluding carboxylic acids is 4. The lowest BCUT2D eigenvalue weighted by Gasteiger charge is -2.26. The molecule has 0 saturated carbocycles. The predicted octanol–water partition coefficient (Wildman–Crippen LogP) is 4.65. The Morgan fingerprint density at radius 2 is 1.74 bits per heavy atom. The summed E-state index contributed by atoms with van der Waals surface area (Å²) < 4.78 is 10.6. The van der Waals surface area contributed by atoms with Gasteiger partial charge in [-0.25, -0.2) is 9.69 Å². The quantitative estimate of drug-likeness (QED) is 0.337. The van der Waals surface area contributed by atoms with Crippen LogP contribution in [0.25, 0.3) is 6.08 Å². The highest BCUT2D eigenvalue weighted by atomic mass is 35.5. The molecule has 1 heterocycles. The molecule has 0 bridgehead atoms. The van der Waals surface area contributed by atoms with Crippen molar-refractivity contribution in [2.75, 3.05) is 23.9 Å². The fraction of sp³-hybridized carbons (Fsp3) is 0.143. The molecule has 0 radical (unpaired) electrons. The Morgan fingerprint density at radius 3 is 2.39 bits per heavy atom. The number of ether oxygens (including phenoxy) is 2. The maximum atomic E-state index is 13.1. The summed E-state index contributed by atoms with van der Waals surface area (Å²) in [5, 5.41) is 5.07. The number of benzene rings is 3. The van der Waals surface area contributed by atoms with Gasteiger partial charge in [-0.1, -0.05) is 23.7 Å². The van der Waals surface area contributed by atoms with E-state index in [1.807, 2.05) is 13.8 Å². The molecule has 2 N–H and O–H groups in total. The van der Waals surface area contributed by atoms with Crippen LogP contribution >= 0.6 is 11.6 Å². The molecule has 1 saturated heterocycles. The third-order valence-electron chi connectivity index (χ3n) is 5.85. The van der Waals surface area contributed by atoms with Crippen LogP contribution in [0.15, 0.2) is 66.2 Å². The van der Waals surface area contributed by atoms with Crippen molar-refractivity contribution in [3.63, 3.8) is 0 Å². The minimum atomic E-state index is -0.824. The number of methoxy groups -OCH3 is 1. The molecule has 38 heavy (non-hydrogen) atoms. The smallest absolute Gasteiger partial charge is 0.335 e. The fourth-order valence-electron chi connectivity index (χ4n) is 3.66. The van der Waals surface area contributed by atoms with Crippen LogP contribution in [0.2, 0.25) is 5.02 Å². The molecule has 0 aliphatic carbocycles. The highest BCUT2D eigenvalue weighted by Gasteiger charge is 2.36. The molecule has 3 aromatic rings. The number of urea groups is 1. The number of halogens is 1. The Labute approximate surface area is 224 Å². The van der Waals surface area contributed by atoms with Gasteiger partial charge in [0.25, 0.3) is 17.7 Å². The Balaban J connectivity index is 1.46. The number of hydrogen-bond donors (Lipinski definition) is 2. The number of nitrogens with one attached hydrogen (secondary N) is 2. The second-order valence-corrected chi connectivity index (χ2v) is 8.89. The number of barbiturate groups is 1. The van der Waals surface area contributed by atoms with Crippen molar-refractivity contribution in [3.05, 3.63) is 87.9 Å². The SMILES string of the molecule is COc1ccc(NC(=O)COc2ccc(/C=C3/C(=O)NC(=O)N(c4ccc(C)c(C)c4)C3=O)cc2Cl)cc1. The summed E-state index contributed by atoms with van der Waals surface area (Å²) in [5.41, 5.74) is 3.02. The Hall–Kier alpha value is -4.63. The first-order valence-electron chi connectivity index (χ1n) is 11.5. The third-order valence-corrected chi connectivity index (χ3v) is 6.15. The summed E-state index contributed by atoms with van der Waals surface area (Å²) in [7, 11) is 1.55. The topological polar surface area (TPSA) is 114 Å². The van der Waals surface area contributed by atoms with E-state index in [0.29, 0.717) is 22.7 Å². The molecule has 1 aliphatic heterocycles. The highest BCUT2D eigenvalue weighted by molar-refractivity contribution is 6.39. The molecule has 194 valence electrons. The van der Waals surface area contributed by atoms with Crippen molar-refractivity contribution in [3.8, 4) is 11.5 Å². The molecule has 4 rings (SSSR count). The largest absolute Gasteiger partial charge is 0.497 e. The van der Waals surface area contributed by atoms with E-state index in [1.165, 1.54) is 18.2 Å². The van der Waals surface area contributed by atoms with Crippen molar-refractivity contribution in [2.24, 2.45) is 0 Å². The van der Waals surface area contributed by atoms with E-state index in [2.05, 4.69) is 10.6 Å². The van der Waals surface area contributed by atoms with E-state index in [-0.39, 0.29) is 23.0 Å². The van der Waals surface area contributed by atoms with E-state index >= 15 is 0 Å². The van der Waals surface area contributed by atoms with Crippen molar-refractivity contribution in [1.29, 1.82) is 0 Å². The summed E-state index contributed by atoms with van der Waals surface area (Å²) in [6.45, 7) is 3.48. The number of imide groups is 2. The van der Waals surface area contributed by atoms with E-state index < -0.39 is 23.8 Å². The molecule has 1 fully saturated rings. The first kappa shape index (κ1) is 26.4. The van der Waals surface area contributed by atoms with Crippen molar-refractivity contribution < 1.29 is 28.7 Å². The van der Waals surface area contributed by atoms with Gasteiger partial charge in [-0.2, -0.15) is 0 Å². The van der Waals surface area contributed by atoms with Gasteiger partial charge >= 0.3 is 6.03 Å². The van der Waals surface area contributed by atoms with Gasteiger partial charge in [0, 0.05) is 5.69 Å².